The van der Waals surface area contributed by atoms with Gasteiger partial charge < -0.3 is 15.1 Å². The quantitative estimate of drug-likeness (QED) is 0.628. The first-order valence-electron chi connectivity index (χ1n) is 8.15. The predicted octanol–water partition coefficient (Wildman–Crippen LogP) is 2.16. The van der Waals surface area contributed by atoms with Crippen molar-refractivity contribution in [2.45, 2.75) is 13.0 Å². The van der Waals surface area contributed by atoms with E-state index < -0.39 is 47.3 Å². The second-order valence-electron chi connectivity index (χ2n) is 5.79. The van der Waals surface area contributed by atoms with E-state index in [1.54, 1.807) is 24.3 Å². The number of nitrogens with one attached hydrogen (secondary N) is 2. The molecule has 2 N–H and O–H groups in total. The average Bonchev–Trinajstić information content (AvgIpc) is 3.00. The van der Waals surface area contributed by atoms with Crippen LogP contribution in [0.15, 0.2) is 45.6 Å². The maximum atomic E-state index is 13.5. The molecule has 0 aliphatic heterocycles. The molecule has 0 saturated heterocycles. The van der Waals surface area contributed by atoms with Crippen molar-refractivity contribution in [1.82, 2.24) is 9.88 Å². The van der Waals surface area contributed by atoms with E-state index in [9.17, 15) is 27.6 Å². The molecule has 28 heavy (non-hydrogen) atoms. The van der Waals surface area contributed by atoms with Crippen LogP contribution in [0.3, 0.4) is 0 Å². The van der Waals surface area contributed by atoms with Gasteiger partial charge in [-0.1, -0.05) is 12.1 Å². The number of hydrogen-bond acceptors (Lipinski definition) is 4. The predicted molar refractivity (Wildman–Crippen MR) is 93.0 cm³/mol. The van der Waals surface area contributed by atoms with Gasteiger partial charge in [0.15, 0.2) is 23.0 Å². The second kappa shape index (κ2) is 7.99. The summed E-state index contributed by atoms with van der Waals surface area (Å²) in [6.45, 7) is -0.487. The number of oxazole rings is 1. The molecule has 146 valence electrons. The molecule has 2 amide bonds. The average molecular weight is 393 g/mol. The number of nitrogens with zero attached hydrogens (tertiary/aromatic N) is 1. The van der Waals surface area contributed by atoms with E-state index in [0.717, 1.165) is 6.07 Å². The van der Waals surface area contributed by atoms with Crippen molar-refractivity contribution >= 4 is 28.6 Å². The lowest BCUT2D eigenvalue weighted by Crippen LogP contribution is -2.34. The van der Waals surface area contributed by atoms with Crippen molar-refractivity contribution in [2.75, 3.05) is 11.9 Å². The molecule has 0 aliphatic rings. The van der Waals surface area contributed by atoms with Gasteiger partial charge in [-0.25, -0.2) is 18.0 Å². The van der Waals surface area contributed by atoms with Crippen LogP contribution >= 0.6 is 0 Å². The molecule has 3 aromatic rings. The highest BCUT2D eigenvalue weighted by molar-refractivity contribution is 5.94. The zero-order chi connectivity index (χ0) is 20.3. The third-order valence-electron chi connectivity index (χ3n) is 3.89. The maximum absolute atomic E-state index is 13.5. The van der Waals surface area contributed by atoms with Gasteiger partial charge in [-0.2, -0.15) is 0 Å². The van der Waals surface area contributed by atoms with Crippen molar-refractivity contribution in [3.63, 3.8) is 0 Å². The van der Waals surface area contributed by atoms with Crippen LogP contribution in [0.4, 0.5) is 18.9 Å². The highest BCUT2D eigenvalue weighted by atomic mass is 19.2. The zero-order valence-electron chi connectivity index (χ0n) is 14.3. The fraction of sp³-hybridized carbons (Fsp3) is 0.167. The van der Waals surface area contributed by atoms with Gasteiger partial charge in [-0.3, -0.25) is 14.2 Å². The minimum atomic E-state index is -1.71. The lowest BCUT2D eigenvalue weighted by Gasteiger charge is -2.08. The first-order valence-corrected chi connectivity index (χ1v) is 8.15. The number of para-hydroxylation sites is 2. The van der Waals surface area contributed by atoms with E-state index >= 15 is 0 Å². The first kappa shape index (κ1) is 19.2. The van der Waals surface area contributed by atoms with Crippen molar-refractivity contribution in [3.05, 3.63) is 64.4 Å². The van der Waals surface area contributed by atoms with Gasteiger partial charge in [0.2, 0.25) is 11.8 Å². The van der Waals surface area contributed by atoms with Crippen LogP contribution < -0.4 is 16.4 Å². The molecule has 0 unspecified atom stereocenters. The Morgan fingerprint density at radius 1 is 1.00 bits per heavy atom. The normalized spacial score (nSPS) is 10.8. The molecule has 0 radical (unpaired) electrons. The summed E-state index contributed by atoms with van der Waals surface area (Å²) in [5.74, 6) is -6.61. The Morgan fingerprint density at radius 2 is 1.75 bits per heavy atom. The van der Waals surface area contributed by atoms with Crippen molar-refractivity contribution < 1.29 is 27.2 Å². The summed E-state index contributed by atoms with van der Waals surface area (Å²) < 4.78 is 45.8. The Labute approximate surface area is 155 Å². The smallest absolute Gasteiger partial charge is 0.408 e. The van der Waals surface area contributed by atoms with Crippen molar-refractivity contribution in [1.29, 1.82) is 0 Å². The molecule has 10 heteroatoms. The second-order valence-corrected chi connectivity index (χ2v) is 5.79. The Balaban J connectivity index is 1.53. The highest BCUT2D eigenvalue weighted by Crippen LogP contribution is 2.19. The number of halogens is 3. The fourth-order valence-corrected chi connectivity index (χ4v) is 2.52. The number of anilines is 1. The van der Waals surface area contributed by atoms with Crippen LogP contribution in [0.25, 0.3) is 11.1 Å². The van der Waals surface area contributed by atoms with Gasteiger partial charge in [-0.05, 0) is 24.3 Å². The molecule has 2 aromatic carbocycles. The number of aryl methyl sites for hydroxylation is 1. The molecule has 0 fully saturated rings. The number of rotatable bonds is 6. The molecule has 0 spiro atoms. The Morgan fingerprint density at radius 3 is 2.54 bits per heavy atom. The fourth-order valence-electron chi connectivity index (χ4n) is 2.52. The number of hydrogen-bond donors (Lipinski definition) is 2. The van der Waals surface area contributed by atoms with Gasteiger partial charge in [0.25, 0.3) is 0 Å². The van der Waals surface area contributed by atoms with Crippen LogP contribution in [-0.4, -0.2) is 22.9 Å². The number of amides is 2. The van der Waals surface area contributed by atoms with Gasteiger partial charge in [-0.15, -0.1) is 0 Å². The Kier molecular flexibility index (Phi) is 5.48. The Hall–Kier alpha value is -3.56. The number of aromatic nitrogens is 1. The van der Waals surface area contributed by atoms with E-state index in [-0.39, 0.29) is 13.0 Å². The van der Waals surface area contributed by atoms with Crippen molar-refractivity contribution in [3.8, 4) is 0 Å². The van der Waals surface area contributed by atoms with Crippen LogP contribution in [0, 0.1) is 17.5 Å². The molecular weight excluding hydrogens is 379 g/mol. The van der Waals surface area contributed by atoms with Gasteiger partial charge in [0.05, 0.1) is 17.7 Å². The first-order chi connectivity index (χ1) is 13.4. The number of benzene rings is 2. The lowest BCUT2D eigenvalue weighted by atomic mass is 10.2. The van der Waals surface area contributed by atoms with Gasteiger partial charge in [0.1, 0.15) is 0 Å². The SMILES string of the molecule is O=C(CCn1c(=O)oc2ccccc21)NCC(=O)Nc1ccc(F)c(F)c1F. The number of carbonyl (C=O) groups excluding carboxylic acids is 2. The van der Waals surface area contributed by atoms with Gasteiger partial charge >= 0.3 is 5.76 Å². The molecule has 0 aliphatic carbocycles. The molecule has 7 nitrogen and oxygen atoms in total. The minimum Gasteiger partial charge on any atom is -0.408 e. The van der Waals surface area contributed by atoms with E-state index in [4.69, 9.17) is 4.42 Å². The van der Waals surface area contributed by atoms with E-state index in [1.807, 2.05) is 5.32 Å². The van der Waals surface area contributed by atoms with Gasteiger partial charge in [0, 0.05) is 13.0 Å². The summed E-state index contributed by atoms with van der Waals surface area (Å²) in [6, 6.07) is 8.24. The maximum Gasteiger partial charge on any atom is 0.419 e. The summed E-state index contributed by atoms with van der Waals surface area (Å²) in [5, 5.41) is 4.32. The van der Waals surface area contributed by atoms with E-state index in [1.165, 1.54) is 4.57 Å². The lowest BCUT2D eigenvalue weighted by molar-refractivity contribution is -0.124. The zero-order valence-corrected chi connectivity index (χ0v) is 14.3. The Bertz CT molecular complexity index is 1110. The third kappa shape index (κ3) is 4.05. The molecule has 0 saturated carbocycles. The summed E-state index contributed by atoms with van der Waals surface area (Å²) >= 11 is 0. The van der Waals surface area contributed by atoms with Crippen LogP contribution in [0.5, 0.6) is 0 Å². The molecule has 0 bridgehead atoms. The summed E-state index contributed by atoms with van der Waals surface area (Å²) in [7, 11) is 0. The highest BCUT2D eigenvalue weighted by Gasteiger charge is 2.16. The summed E-state index contributed by atoms with van der Waals surface area (Å²) in [5.41, 5.74) is 0.377. The summed E-state index contributed by atoms with van der Waals surface area (Å²) in [4.78, 5) is 35.4. The largest absolute Gasteiger partial charge is 0.419 e. The van der Waals surface area contributed by atoms with Crippen LogP contribution in [0.2, 0.25) is 0 Å². The van der Waals surface area contributed by atoms with E-state index in [0.29, 0.717) is 17.2 Å². The standard InChI is InChI=1S/C18H14F3N3O4/c19-10-5-6-11(17(21)16(10)20)23-15(26)9-22-14(25)7-8-24-12-3-1-2-4-13(12)28-18(24)27/h1-6H,7-9H2,(H,22,25)(H,23,26). The topological polar surface area (TPSA) is 93.3 Å². The molecule has 1 aromatic heterocycles. The van der Waals surface area contributed by atoms with Crippen LogP contribution in [-0.2, 0) is 16.1 Å². The van der Waals surface area contributed by atoms with Crippen molar-refractivity contribution in [2.24, 2.45) is 0 Å². The minimum absolute atomic E-state index is 0.0289. The monoisotopic (exact) mass is 393 g/mol. The molecule has 3 rings (SSSR count). The summed E-state index contributed by atoms with van der Waals surface area (Å²) in [6.07, 6.45) is -0.115. The molecule has 1 heterocycles. The molecular formula is C18H14F3N3O4. The third-order valence-corrected chi connectivity index (χ3v) is 3.89. The molecule has 0 atom stereocenters. The number of fused-ring (bicyclic) bond motifs is 1. The van der Waals surface area contributed by atoms with Crippen LogP contribution in [0.1, 0.15) is 6.42 Å². The number of carbonyl (C=O) groups is 2. The van der Waals surface area contributed by atoms with E-state index in [2.05, 4.69) is 5.32 Å².